The highest BCUT2D eigenvalue weighted by Gasteiger charge is 2.08. The molecule has 0 saturated heterocycles. The van der Waals surface area contributed by atoms with Gasteiger partial charge in [0, 0.05) is 23.0 Å². The molecule has 6 heteroatoms. The molecule has 128 valence electrons. The fourth-order valence-electron chi connectivity index (χ4n) is 2.66. The zero-order chi connectivity index (χ0) is 17.9. The molecule has 0 fully saturated rings. The monoisotopic (exact) mass is 359 g/mol. The Morgan fingerprint density at radius 2 is 1.62 bits per heavy atom. The van der Waals surface area contributed by atoms with E-state index in [0.717, 1.165) is 33.2 Å². The molecule has 0 aliphatic rings. The normalized spacial score (nSPS) is 10.7. The van der Waals surface area contributed by atoms with Crippen LogP contribution in [0.2, 0.25) is 0 Å². The number of nitrogens with zero attached hydrogens (tertiary/aromatic N) is 3. The molecule has 26 heavy (non-hydrogen) atoms. The van der Waals surface area contributed by atoms with Gasteiger partial charge in [-0.3, -0.25) is 0 Å². The topological polar surface area (TPSA) is 76.7 Å². The summed E-state index contributed by atoms with van der Waals surface area (Å²) in [5, 5.41) is 12.6. The largest absolute Gasteiger partial charge is 0.374 e. The molecule has 2 aromatic carbocycles. The van der Waals surface area contributed by atoms with Gasteiger partial charge >= 0.3 is 0 Å². The third kappa shape index (κ3) is 3.41. The number of hydrogen-bond acceptors (Lipinski definition) is 6. The molecule has 2 aromatic heterocycles. The number of rotatable bonds is 4. The summed E-state index contributed by atoms with van der Waals surface area (Å²) in [5.41, 5.74) is 11.0. The maximum Gasteiger partial charge on any atom is 0.203 e. The van der Waals surface area contributed by atoms with Gasteiger partial charge in [-0.2, -0.15) is 0 Å². The van der Waals surface area contributed by atoms with E-state index in [2.05, 4.69) is 57.8 Å². The van der Waals surface area contributed by atoms with Crippen molar-refractivity contribution in [1.82, 2.24) is 15.2 Å². The van der Waals surface area contributed by atoms with Crippen LogP contribution in [-0.2, 0) is 0 Å². The minimum atomic E-state index is 0.471. The highest BCUT2D eigenvalue weighted by Crippen LogP contribution is 2.30. The maximum atomic E-state index is 5.65. The summed E-state index contributed by atoms with van der Waals surface area (Å²) in [4.78, 5) is 4.51. The smallest absolute Gasteiger partial charge is 0.203 e. The summed E-state index contributed by atoms with van der Waals surface area (Å²) >= 11 is 1.37. The first-order valence-corrected chi connectivity index (χ1v) is 8.99. The fourth-order valence-corrected chi connectivity index (χ4v) is 3.27. The van der Waals surface area contributed by atoms with Gasteiger partial charge in [-0.05, 0) is 48.9 Å². The van der Waals surface area contributed by atoms with Crippen molar-refractivity contribution >= 4 is 28.0 Å². The number of nitrogens with one attached hydrogen (secondary N) is 1. The van der Waals surface area contributed by atoms with Crippen LogP contribution in [0.5, 0.6) is 0 Å². The molecular weight excluding hydrogens is 342 g/mol. The number of anilines is 3. The number of aromatic nitrogens is 3. The molecule has 0 aliphatic heterocycles. The van der Waals surface area contributed by atoms with E-state index < -0.39 is 0 Å². The molecule has 5 nitrogen and oxygen atoms in total. The first-order valence-electron chi connectivity index (χ1n) is 8.17. The number of hydrogen-bond donors (Lipinski definition) is 2. The van der Waals surface area contributed by atoms with Crippen LogP contribution in [0.25, 0.3) is 21.7 Å². The standard InChI is InChI=1S/C20H17N5S/c1-13-4-6-14(7-5-13)17-3-2-12-22-18(17)23-16-10-8-15(9-11-16)19-24-25-20(21)26-19/h2-12H,1H3,(H2,21,25)(H,22,23). The number of pyridine rings is 1. The first-order chi connectivity index (χ1) is 12.7. The van der Waals surface area contributed by atoms with Crippen LogP contribution < -0.4 is 11.1 Å². The van der Waals surface area contributed by atoms with Crippen molar-refractivity contribution in [2.75, 3.05) is 11.1 Å². The Kier molecular flexibility index (Phi) is 4.33. The summed E-state index contributed by atoms with van der Waals surface area (Å²) in [6, 6.07) is 20.4. The quantitative estimate of drug-likeness (QED) is 0.542. The lowest BCUT2D eigenvalue weighted by Crippen LogP contribution is -1.96. The molecule has 0 saturated carbocycles. The van der Waals surface area contributed by atoms with Crippen molar-refractivity contribution in [3.63, 3.8) is 0 Å². The Bertz CT molecular complexity index is 1020. The third-order valence-corrected chi connectivity index (χ3v) is 4.81. The molecule has 4 aromatic rings. The van der Waals surface area contributed by atoms with E-state index in [-0.39, 0.29) is 0 Å². The van der Waals surface area contributed by atoms with Gasteiger partial charge in [0.1, 0.15) is 10.8 Å². The average molecular weight is 359 g/mol. The van der Waals surface area contributed by atoms with Crippen LogP contribution in [-0.4, -0.2) is 15.2 Å². The summed E-state index contributed by atoms with van der Waals surface area (Å²) in [6.07, 6.45) is 1.79. The number of aryl methyl sites for hydroxylation is 1. The molecule has 4 rings (SSSR count). The molecule has 0 unspecified atom stereocenters. The Morgan fingerprint density at radius 1 is 0.885 bits per heavy atom. The number of nitrogen functional groups attached to an aromatic ring is 1. The number of benzene rings is 2. The van der Waals surface area contributed by atoms with Crippen molar-refractivity contribution in [2.45, 2.75) is 6.92 Å². The summed E-state index contributed by atoms with van der Waals surface area (Å²) in [7, 11) is 0. The minimum Gasteiger partial charge on any atom is -0.374 e. The van der Waals surface area contributed by atoms with E-state index in [9.17, 15) is 0 Å². The summed E-state index contributed by atoms with van der Waals surface area (Å²) in [6.45, 7) is 2.08. The summed E-state index contributed by atoms with van der Waals surface area (Å²) in [5.74, 6) is 0.823. The second kappa shape index (κ2) is 6.93. The van der Waals surface area contributed by atoms with Crippen LogP contribution in [0.1, 0.15) is 5.56 Å². The van der Waals surface area contributed by atoms with Gasteiger partial charge in [0.25, 0.3) is 0 Å². The van der Waals surface area contributed by atoms with E-state index in [1.807, 2.05) is 30.3 Å². The lowest BCUT2D eigenvalue weighted by atomic mass is 10.0. The van der Waals surface area contributed by atoms with Gasteiger partial charge in [-0.1, -0.05) is 41.2 Å². The lowest BCUT2D eigenvalue weighted by Gasteiger charge is -2.11. The Morgan fingerprint density at radius 3 is 2.31 bits per heavy atom. The van der Waals surface area contributed by atoms with E-state index >= 15 is 0 Å². The maximum absolute atomic E-state index is 5.65. The number of nitrogens with two attached hydrogens (primary N) is 1. The van der Waals surface area contributed by atoms with E-state index in [1.165, 1.54) is 16.9 Å². The molecule has 0 radical (unpaired) electrons. The Balaban J connectivity index is 1.60. The molecule has 0 spiro atoms. The SMILES string of the molecule is Cc1ccc(-c2cccnc2Nc2ccc(-c3nnc(N)s3)cc2)cc1. The molecule has 0 aliphatic carbocycles. The van der Waals surface area contributed by atoms with Crippen LogP contribution in [0.3, 0.4) is 0 Å². The van der Waals surface area contributed by atoms with Gasteiger partial charge in [-0.25, -0.2) is 4.98 Å². The highest BCUT2D eigenvalue weighted by molar-refractivity contribution is 7.18. The zero-order valence-electron chi connectivity index (χ0n) is 14.2. The Labute approximate surface area is 155 Å². The zero-order valence-corrected chi connectivity index (χ0v) is 15.0. The summed E-state index contributed by atoms with van der Waals surface area (Å²) < 4.78 is 0. The predicted octanol–water partition coefficient (Wildman–Crippen LogP) is 4.90. The molecule has 3 N–H and O–H groups in total. The van der Waals surface area contributed by atoms with E-state index in [0.29, 0.717) is 5.13 Å². The van der Waals surface area contributed by atoms with E-state index in [1.54, 1.807) is 6.20 Å². The van der Waals surface area contributed by atoms with Gasteiger partial charge in [0.15, 0.2) is 0 Å². The highest BCUT2D eigenvalue weighted by atomic mass is 32.1. The molecule has 0 atom stereocenters. The van der Waals surface area contributed by atoms with Crippen molar-refractivity contribution in [1.29, 1.82) is 0 Å². The van der Waals surface area contributed by atoms with Crippen molar-refractivity contribution < 1.29 is 0 Å². The fraction of sp³-hybridized carbons (Fsp3) is 0.0500. The van der Waals surface area contributed by atoms with Gasteiger partial charge in [-0.15, -0.1) is 10.2 Å². The van der Waals surface area contributed by atoms with Crippen molar-refractivity contribution in [3.8, 4) is 21.7 Å². The predicted molar refractivity (Wildman–Crippen MR) is 107 cm³/mol. The molecular formula is C20H17N5S. The van der Waals surface area contributed by atoms with Crippen LogP contribution in [0.15, 0.2) is 66.9 Å². The van der Waals surface area contributed by atoms with Crippen LogP contribution in [0.4, 0.5) is 16.6 Å². The van der Waals surface area contributed by atoms with Gasteiger partial charge in [0.05, 0.1) is 0 Å². The minimum absolute atomic E-state index is 0.471. The van der Waals surface area contributed by atoms with Crippen LogP contribution in [0, 0.1) is 6.92 Å². The molecule has 0 amide bonds. The molecule has 0 bridgehead atoms. The van der Waals surface area contributed by atoms with Gasteiger partial charge < -0.3 is 11.1 Å². The van der Waals surface area contributed by atoms with Crippen molar-refractivity contribution in [2.24, 2.45) is 0 Å². The third-order valence-electron chi connectivity index (χ3n) is 4.01. The Hall–Kier alpha value is -3.25. The van der Waals surface area contributed by atoms with Gasteiger partial charge in [0.2, 0.25) is 5.13 Å². The lowest BCUT2D eigenvalue weighted by molar-refractivity contribution is 1.10. The van der Waals surface area contributed by atoms with Crippen molar-refractivity contribution in [3.05, 3.63) is 72.4 Å². The van der Waals surface area contributed by atoms with Crippen LogP contribution >= 0.6 is 11.3 Å². The first kappa shape index (κ1) is 16.2. The average Bonchev–Trinajstić information content (AvgIpc) is 3.10. The van der Waals surface area contributed by atoms with E-state index in [4.69, 9.17) is 5.73 Å². The second-order valence-electron chi connectivity index (χ2n) is 5.91. The second-order valence-corrected chi connectivity index (χ2v) is 6.92. The molecule has 2 heterocycles.